The van der Waals surface area contributed by atoms with Crippen molar-refractivity contribution in [3.63, 3.8) is 0 Å². The Hall–Kier alpha value is -0.450. The maximum Gasteiger partial charge on any atom is 0.198 e. The number of furan rings is 1. The van der Waals surface area contributed by atoms with Crippen LogP contribution in [0.25, 0.3) is 11.0 Å². The van der Waals surface area contributed by atoms with E-state index in [4.69, 9.17) is 39.2 Å². The van der Waals surface area contributed by atoms with E-state index in [0.29, 0.717) is 6.54 Å². The fraction of sp³-hybridized carbons (Fsp3) is 0.429. The Bertz CT molecular complexity index is 565. The lowest BCUT2D eigenvalue weighted by Gasteiger charge is -2.32. The van der Waals surface area contributed by atoms with Gasteiger partial charge in [-0.3, -0.25) is 0 Å². The lowest BCUT2D eigenvalue weighted by Crippen LogP contribution is -2.43. The summed E-state index contributed by atoms with van der Waals surface area (Å²) < 4.78 is 3.79. The molecular formula is C14H16Cl3NO2. The van der Waals surface area contributed by atoms with Crippen LogP contribution in [0.5, 0.6) is 0 Å². The lowest BCUT2D eigenvalue weighted by molar-refractivity contribution is 0.224. The van der Waals surface area contributed by atoms with Crippen LogP contribution in [0, 0.1) is 0 Å². The number of aliphatic hydroxyl groups excluding tert-OH is 1. The van der Waals surface area contributed by atoms with E-state index in [1.807, 2.05) is 31.2 Å². The Morgan fingerprint density at radius 1 is 1.30 bits per heavy atom. The average molecular weight is 337 g/mol. The van der Waals surface area contributed by atoms with E-state index in [9.17, 15) is 5.11 Å². The van der Waals surface area contributed by atoms with Crippen LogP contribution >= 0.6 is 34.8 Å². The summed E-state index contributed by atoms with van der Waals surface area (Å²) in [6.45, 7) is 2.50. The predicted molar refractivity (Wildman–Crippen MR) is 83.8 cm³/mol. The van der Waals surface area contributed by atoms with Gasteiger partial charge in [0.15, 0.2) is 3.79 Å². The second-order valence-electron chi connectivity index (χ2n) is 4.58. The van der Waals surface area contributed by atoms with Crippen LogP contribution in [-0.4, -0.2) is 28.1 Å². The maximum absolute atomic E-state index is 9.57. The topological polar surface area (TPSA) is 45.4 Å². The van der Waals surface area contributed by atoms with E-state index in [2.05, 4.69) is 5.32 Å². The standard InChI is InChI=1S/C14H16Cl3NO2/c1-2-18-11(8-19)13(14(15,16)17)10-3-4-12-9(7-10)5-6-20-12/h3-7,11,13,18-19H,2,8H2,1H3. The third-order valence-corrected chi connectivity index (χ3v) is 3.96. The van der Waals surface area contributed by atoms with E-state index in [0.717, 1.165) is 16.5 Å². The molecule has 0 bridgehead atoms. The molecule has 0 radical (unpaired) electrons. The molecule has 1 heterocycles. The highest BCUT2D eigenvalue weighted by atomic mass is 35.6. The highest BCUT2D eigenvalue weighted by molar-refractivity contribution is 6.68. The molecule has 2 atom stereocenters. The first-order valence-electron chi connectivity index (χ1n) is 6.35. The van der Waals surface area contributed by atoms with Crippen molar-refractivity contribution in [3.05, 3.63) is 36.1 Å². The molecular weight excluding hydrogens is 321 g/mol. The van der Waals surface area contributed by atoms with Gasteiger partial charge < -0.3 is 14.8 Å². The van der Waals surface area contributed by atoms with Crippen molar-refractivity contribution in [2.75, 3.05) is 13.2 Å². The van der Waals surface area contributed by atoms with Crippen molar-refractivity contribution in [2.45, 2.75) is 22.7 Å². The molecule has 0 aliphatic carbocycles. The minimum absolute atomic E-state index is 0.115. The molecule has 0 aliphatic rings. The molecule has 3 nitrogen and oxygen atoms in total. The molecule has 2 unspecified atom stereocenters. The van der Waals surface area contributed by atoms with E-state index in [1.54, 1.807) is 6.26 Å². The lowest BCUT2D eigenvalue weighted by atomic mass is 9.92. The smallest absolute Gasteiger partial charge is 0.198 e. The van der Waals surface area contributed by atoms with E-state index >= 15 is 0 Å². The van der Waals surface area contributed by atoms with E-state index in [1.165, 1.54) is 0 Å². The molecule has 1 aromatic carbocycles. The molecule has 110 valence electrons. The number of halogens is 3. The first-order valence-corrected chi connectivity index (χ1v) is 7.49. The van der Waals surface area contributed by atoms with Crippen LogP contribution in [-0.2, 0) is 0 Å². The Balaban J connectivity index is 2.44. The van der Waals surface area contributed by atoms with Gasteiger partial charge in [-0.2, -0.15) is 0 Å². The summed E-state index contributed by atoms with van der Waals surface area (Å²) in [5, 5.41) is 13.7. The summed E-state index contributed by atoms with van der Waals surface area (Å²) in [6, 6.07) is 7.14. The number of hydrogen-bond acceptors (Lipinski definition) is 3. The molecule has 20 heavy (non-hydrogen) atoms. The monoisotopic (exact) mass is 335 g/mol. The predicted octanol–water partition coefficient (Wildman–Crippen LogP) is 3.86. The zero-order valence-corrected chi connectivity index (χ0v) is 13.2. The summed E-state index contributed by atoms with van der Waals surface area (Å²) in [5.74, 6) is -0.461. The second-order valence-corrected chi connectivity index (χ2v) is 6.95. The van der Waals surface area contributed by atoms with Gasteiger partial charge in [-0.1, -0.05) is 47.8 Å². The quantitative estimate of drug-likeness (QED) is 0.815. The molecule has 2 N–H and O–H groups in total. The van der Waals surface area contributed by atoms with Crippen LogP contribution in [0.1, 0.15) is 18.4 Å². The molecule has 0 spiro atoms. The van der Waals surface area contributed by atoms with Crippen molar-refractivity contribution < 1.29 is 9.52 Å². The average Bonchev–Trinajstić information content (AvgIpc) is 2.84. The number of alkyl halides is 3. The van der Waals surface area contributed by atoms with Crippen LogP contribution < -0.4 is 5.32 Å². The first-order chi connectivity index (χ1) is 9.47. The molecule has 0 fully saturated rings. The van der Waals surface area contributed by atoms with Gasteiger partial charge in [0.05, 0.1) is 12.9 Å². The summed E-state index contributed by atoms with van der Waals surface area (Å²) in [4.78, 5) is 0. The summed E-state index contributed by atoms with van der Waals surface area (Å²) in [5.41, 5.74) is 1.62. The third-order valence-electron chi connectivity index (χ3n) is 3.25. The highest BCUT2D eigenvalue weighted by Gasteiger charge is 2.39. The number of benzene rings is 1. The normalized spacial score (nSPS) is 15.4. The van der Waals surface area contributed by atoms with Crippen molar-refractivity contribution in [3.8, 4) is 0 Å². The van der Waals surface area contributed by atoms with E-state index < -0.39 is 9.71 Å². The van der Waals surface area contributed by atoms with Gasteiger partial charge in [-0.25, -0.2) is 0 Å². The van der Waals surface area contributed by atoms with Gasteiger partial charge >= 0.3 is 0 Å². The van der Waals surface area contributed by atoms with Crippen molar-refractivity contribution in [2.24, 2.45) is 0 Å². The van der Waals surface area contributed by atoms with Gasteiger partial charge in [0.2, 0.25) is 0 Å². The van der Waals surface area contributed by atoms with Crippen molar-refractivity contribution in [1.29, 1.82) is 0 Å². The van der Waals surface area contributed by atoms with Gasteiger partial charge in [-0.05, 0) is 30.3 Å². The van der Waals surface area contributed by atoms with Crippen molar-refractivity contribution in [1.82, 2.24) is 5.32 Å². The molecule has 0 aliphatic heterocycles. The summed E-state index contributed by atoms with van der Waals surface area (Å²) >= 11 is 18.4. The molecule has 0 saturated carbocycles. The minimum Gasteiger partial charge on any atom is -0.464 e. The van der Waals surface area contributed by atoms with Gasteiger partial charge in [-0.15, -0.1) is 0 Å². The van der Waals surface area contributed by atoms with Crippen LogP contribution in [0.2, 0.25) is 0 Å². The maximum atomic E-state index is 9.57. The molecule has 2 rings (SSSR count). The minimum atomic E-state index is -1.52. The Kier molecular flexibility index (Phi) is 5.21. The van der Waals surface area contributed by atoms with Gasteiger partial charge in [0.1, 0.15) is 5.58 Å². The number of aliphatic hydroxyl groups is 1. The fourth-order valence-corrected chi connectivity index (χ4v) is 3.21. The second kappa shape index (κ2) is 6.54. The third kappa shape index (κ3) is 3.41. The largest absolute Gasteiger partial charge is 0.464 e. The summed E-state index contributed by atoms with van der Waals surface area (Å²) in [7, 11) is 0. The van der Waals surface area contributed by atoms with E-state index in [-0.39, 0.29) is 12.6 Å². The van der Waals surface area contributed by atoms with Crippen molar-refractivity contribution >= 4 is 45.8 Å². The number of nitrogens with one attached hydrogen (secondary N) is 1. The zero-order chi connectivity index (χ0) is 14.8. The molecule has 0 saturated heterocycles. The Labute approximate surface area is 132 Å². The highest BCUT2D eigenvalue weighted by Crippen LogP contribution is 2.44. The molecule has 1 aromatic heterocycles. The molecule has 0 amide bonds. The number of likely N-dealkylation sites (N-methyl/N-ethyl adjacent to an activating group) is 1. The van der Waals surface area contributed by atoms with Crippen LogP contribution in [0.4, 0.5) is 0 Å². The van der Waals surface area contributed by atoms with Gasteiger partial charge in [0.25, 0.3) is 0 Å². The van der Waals surface area contributed by atoms with Crippen LogP contribution in [0.3, 0.4) is 0 Å². The number of rotatable bonds is 5. The van der Waals surface area contributed by atoms with Gasteiger partial charge in [0, 0.05) is 17.3 Å². The zero-order valence-electron chi connectivity index (χ0n) is 10.9. The SMILES string of the molecule is CCNC(CO)C(c1ccc2occc2c1)C(Cl)(Cl)Cl. The Morgan fingerprint density at radius 3 is 2.65 bits per heavy atom. The first kappa shape index (κ1) is 15.9. The summed E-state index contributed by atoms with van der Waals surface area (Å²) in [6.07, 6.45) is 1.62. The molecule has 2 aromatic rings. The molecule has 6 heteroatoms. The number of fused-ring (bicyclic) bond motifs is 1. The fourth-order valence-electron chi connectivity index (χ4n) is 2.38. The Morgan fingerprint density at radius 2 is 2.05 bits per heavy atom. The van der Waals surface area contributed by atoms with Crippen LogP contribution in [0.15, 0.2) is 34.9 Å². The number of hydrogen-bond donors (Lipinski definition) is 2.